The fourth-order valence-corrected chi connectivity index (χ4v) is 3.75. The van der Waals surface area contributed by atoms with Crippen molar-refractivity contribution in [3.63, 3.8) is 0 Å². The molecule has 6 heteroatoms. The van der Waals surface area contributed by atoms with Crippen LogP contribution in [0.2, 0.25) is 5.02 Å². The van der Waals surface area contributed by atoms with Gasteiger partial charge in [0.25, 0.3) is 11.8 Å². The van der Waals surface area contributed by atoms with E-state index in [1.165, 1.54) is 4.90 Å². The van der Waals surface area contributed by atoms with E-state index in [1.54, 1.807) is 36.4 Å². The van der Waals surface area contributed by atoms with E-state index in [2.05, 4.69) is 0 Å². The van der Waals surface area contributed by atoms with E-state index in [4.69, 9.17) is 16.3 Å². The largest absolute Gasteiger partial charge is 0.465 e. The second-order valence-electron chi connectivity index (χ2n) is 7.24. The molecule has 0 spiro atoms. The summed E-state index contributed by atoms with van der Waals surface area (Å²) in [6.45, 7) is 0.601. The minimum Gasteiger partial charge on any atom is -0.465 e. The zero-order chi connectivity index (χ0) is 19.7. The number of carbonyl (C=O) groups is 3. The fraction of sp³-hybridized carbons (Fsp3) is 0.318. The Morgan fingerprint density at radius 2 is 1.57 bits per heavy atom. The summed E-state index contributed by atoms with van der Waals surface area (Å²) in [6, 6.07) is 14.2. The van der Waals surface area contributed by atoms with Crippen LogP contribution in [0.4, 0.5) is 0 Å². The van der Waals surface area contributed by atoms with Gasteiger partial charge in [-0.3, -0.25) is 19.3 Å². The van der Waals surface area contributed by atoms with Crippen molar-refractivity contribution < 1.29 is 19.1 Å². The quantitative estimate of drug-likeness (QED) is 0.402. The molecule has 2 aromatic rings. The Bertz CT molecular complexity index is 899. The topological polar surface area (TPSA) is 63.7 Å². The predicted molar refractivity (Wildman–Crippen MR) is 104 cm³/mol. The monoisotopic (exact) mass is 397 g/mol. The van der Waals surface area contributed by atoms with E-state index in [1.807, 2.05) is 12.1 Å². The molecule has 0 aromatic heterocycles. The van der Waals surface area contributed by atoms with Gasteiger partial charge >= 0.3 is 5.97 Å². The van der Waals surface area contributed by atoms with E-state index in [0.717, 1.165) is 18.4 Å². The van der Waals surface area contributed by atoms with Gasteiger partial charge in [0.2, 0.25) is 0 Å². The molecule has 1 aliphatic heterocycles. The first kappa shape index (κ1) is 18.7. The van der Waals surface area contributed by atoms with Gasteiger partial charge < -0.3 is 4.74 Å². The number of rotatable bonds is 7. The molecule has 0 unspecified atom stereocenters. The van der Waals surface area contributed by atoms with Gasteiger partial charge in [0, 0.05) is 11.6 Å². The molecule has 2 aromatic carbocycles. The van der Waals surface area contributed by atoms with E-state index in [9.17, 15) is 14.4 Å². The average molecular weight is 398 g/mol. The standard InChI is InChI=1S/C22H20ClNO4/c23-16-9-7-15(8-10-16)22(11-12-22)21(27)28-14-4-3-13-24-19(25)17-5-1-2-6-18(17)20(24)26/h1-2,5-10H,3-4,11-14H2. The Labute approximate surface area is 168 Å². The maximum atomic E-state index is 12.5. The maximum absolute atomic E-state index is 12.5. The summed E-state index contributed by atoms with van der Waals surface area (Å²) in [7, 11) is 0. The summed E-state index contributed by atoms with van der Waals surface area (Å²) in [5.41, 5.74) is 1.32. The molecule has 0 N–H and O–H groups in total. The minimum atomic E-state index is -0.535. The maximum Gasteiger partial charge on any atom is 0.316 e. The van der Waals surface area contributed by atoms with Gasteiger partial charge in [0.15, 0.2) is 0 Å². The molecule has 0 saturated heterocycles. The third kappa shape index (κ3) is 3.31. The molecule has 1 fully saturated rings. The SMILES string of the molecule is O=C1c2ccccc2C(=O)N1CCCCOC(=O)C1(c2ccc(Cl)cc2)CC1. The zero-order valence-corrected chi connectivity index (χ0v) is 16.1. The van der Waals surface area contributed by atoms with Crippen LogP contribution in [0.1, 0.15) is 52.0 Å². The van der Waals surface area contributed by atoms with Crippen LogP contribution in [-0.4, -0.2) is 35.8 Å². The lowest BCUT2D eigenvalue weighted by molar-refractivity contribution is -0.146. The number of hydrogen-bond donors (Lipinski definition) is 0. The van der Waals surface area contributed by atoms with Crippen molar-refractivity contribution in [3.8, 4) is 0 Å². The molecule has 1 saturated carbocycles. The number of hydrogen-bond acceptors (Lipinski definition) is 4. The molecule has 144 valence electrons. The number of unbranched alkanes of at least 4 members (excludes halogenated alkanes) is 1. The number of benzene rings is 2. The van der Waals surface area contributed by atoms with Crippen LogP contribution in [0.5, 0.6) is 0 Å². The summed E-state index contributed by atoms with van der Waals surface area (Å²) in [4.78, 5) is 38.4. The third-order valence-corrected chi connectivity index (χ3v) is 5.68. The lowest BCUT2D eigenvalue weighted by Crippen LogP contribution is -2.31. The van der Waals surface area contributed by atoms with Crippen LogP contribution in [0.3, 0.4) is 0 Å². The number of halogens is 1. The lowest BCUT2D eigenvalue weighted by Gasteiger charge is -2.16. The van der Waals surface area contributed by atoms with E-state index in [0.29, 0.717) is 35.5 Å². The molecule has 1 heterocycles. The first-order valence-electron chi connectivity index (χ1n) is 9.41. The van der Waals surface area contributed by atoms with Gasteiger partial charge in [-0.15, -0.1) is 0 Å². The molecule has 1 aliphatic carbocycles. The molecule has 0 bridgehead atoms. The van der Waals surface area contributed by atoms with Gasteiger partial charge in [-0.1, -0.05) is 35.9 Å². The summed E-state index contributed by atoms with van der Waals surface area (Å²) >= 11 is 5.92. The van der Waals surface area contributed by atoms with Crippen LogP contribution in [0.15, 0.2) is 48.5 Å². The molecular weight excluding hydrogens is 378 g/mol. The summed E-state index contributed by atoms with van der Waals surface area (Å²) in [6.07, 6.45) is 2.74. The second kappa shape index (κ2) is 7.40. The second-order valence-corrected chi connectivity index (χ2v) is 7.68. The van der Waals surface area contributed by atoms with Crippen molar-refractivity contribution in [2.45, 2.75) is 31.1 Å². The van der Waals surface area contributed by atoms with Crippen LogP contribution < -0.4 is 0 Å². The molecule has 28 heavy (non-hydrogen) atoms. The Morgan fingerprint density at radius 1 is 0.964 bits per heavy atom. The number of fused-ring (bicyclic) bond motifs is 1. The minimum absolute atomic E-state index is 0.212. The summed E-state index contributed by atoms with van der Waals surface area (Å²) in [5, 5.41) is 0.640. The van der Waals surface area contributed by atoms with Crippen LogP contribution in [-0.2, 0) is 14.9 Å². The average Bonchev–Trinajstić information content (AvgIpc) is 3.48. The van der Waals surface area contributed by atoms with Crippen molar-refractivity contribution in [2.75, 3.05) is 13.2 Å². The zero-order valence-electron chi connectivity index (χ0n) is 15.3. The summed E-state index contributed by atoms with van der Waals surface area (Å²) < 4.78 is 5.47. The van der Waals surface area contributed by atoms with Crippen molar-refractivity contribution in [1.29, 1.82) is 0 Å². The molecule has 2 aliphatic rings. The number of nitrogens with zero attached hydrogens (tertiary/aromatic N) is 1. The lowest BCUT2D eigenvalue weighted by atomic mass is 9.96. The highest BCUT2D eigenvalue weighted by atomic mass is 35.5. The van der Waals surface area contributed by atoms with Gasteiger partial charge in [0.05, 0.1) is 23.1 Å². The molecule has 4 rings (SSSR count). The Morgan fingerprint density at radius 3 is 2.14 bits per heavy atom. The number of carbonyl (C=O) groups excluding carboxylic acids is 3. The third-order valence-electron chi connectivity index (χ3n) is 5.42. The highest BCUT2D eigenvalue weighted by molar-refractivity contribution is 6.30. The molecule has 2 amide bonds. The van der Waals surface area contributed by atoms with Crippen LogP contribution >= 0.6 is 11.6 Å². The van der Waals surface area contributed by atoms with E-state index < -0.39 is 5.41 Å². The highest BCUT2D eigenvalue weighted by Gasteiger charge is 2.52. The van der Waals surface area contributed by atoms with Gasteiger partial charge in [-0.2, -0.15) is 0 Å². The fourth-order valence-electron chi connectivity index (χ4n) is 3.62. The number of ether oxygens (including phenoxy) is 1. The van der Waals surface area contributed by atoms with Crippen molar-refractivity contribution >= 4 is 29.4 Å². The van der Waals surface area contributed by atoms with Crippen molar-refractivity contribution in [1.82, 2.24) is 4.90 Å². The molecule has 5 nitrogen and oxygen atoms in total. The summed E-state index contributed by atoms with van der Waals surface area (Å²) in [5.74, 6) is -0.718. The van der Waals surface area contributed by atoms with Gasteiger partial charge in [-0.25, -0.2) is 0 Å². The number of esters is 1. The first-order valence-corrected chi connectivity index (χ1v) is 9.79. The predicted octanol–water partition coefficient (Wildman–Crippen LogP) is 3.99. The Kier molecular flexibility index (Phi) is 4.94. The van der Waals surface area contributed by atoms with Crippen LogP contribution in [0.25, 0.3) is 0 Å². The van der Waals surface area contributed by atoms with Crippen LogP contribution in [0, 0.1) is 0 Å². The Balaban J connectivity index is 1.25. The van der Waals surface area contributed by atoms with Gasteiger partial charge in [-0.05, 0) is 55.5 Å². The smallest absolute Gasteiger partial charge is 0.316 e. The van der Waals surface area contributed by atoms with Gasteiger partial charge in [0.1, 0.15) is 0 Å². The number of amides is 2. The van der Waals surface area contributed by atoms with Crippen molar-refractivity contribution in [3.05, 3.63) is 70.2 Å². The Hall–Kier alpha value is -2.66. The number of imide groups is 1. The normalized spacial score (nSPS) is 16.8. The first-order chi connectivity index (χ1) is 13.5. The highest BCUT2D eigenvalue weighted by Crippen LogP contribution is 2.49. The van der Waals surface area contributed by atoms with E-state index >= 15 is 0 Å². The molecule has 0 radical (unpaired) electrons. The van der Waals surface area contributed by atoms with E-state index in [-0.39, 0.29) is 24.4 Å². The van der Waals surface area contributed by atoms with Crippen molar-refractivity contribution in [2.24, 2.45) is 0 Å². The molecule has 0 atom stereocenters. The molecular formula is C22H20ClNO4.